The second kappa shape index (κ2) is 5.21. The van der Waals surface area contributed by atoms with Crippen molar-refractivity contribution in [3.8, 4) is 11.8 Å². The summed E-state index contributed by atoms with van der Waals surface area (Å²) < 4.78 is 12.7. The van der Waals surface area contributed by atoms with Crippen molar-refractivity contribution in [3.05, 3.63) is 33.6 Å². The van der Waals surface area contributed by atoms with Crippen molar-refractivity contribution in [2.24, 2.45) is 0 Å². The highest BCUT2D eigenvalue weighted by Crippen LogP contribution is 2.24. The van der Waals surface area contributed by atoms with Gasteiger partial charge in [0.2, 0.25) is 0 Å². The molecule has 1 rings (SSSR count). The lowest BCUT2D eigenvalue weighted by molar-refractivity contribution is 0.305. The van der Waals surface area contributed by atoms with Gasteiger partial charge in [-0.05, 0) is 12.1 Å². The molecule has 0 saturated heterocycles. The lowest BCUT2D eigenvalue weighted by Gasteiger charge is -1.99. The first-order valence-electron chi connectivity index (χ1n) is 3.89. The Bertz CT molecular complexity index is 370. The van der Waals surface area contributed by atoms with E-state index in [1.54, 1.807) is 0 Å². The van der Waals surface area contributed by atoms with Crippen LogP contribution in [0.2, 0.25) is 10.0 Å². The Kier molecular flexibility index (Phi) is 4.21. The molecule has 1 aromatic carbocycles. The van der Waals surface area contributed by atoms with Gasteiger partial charge >= 0.3 is 0 Å². The second-order valence-corrected chi connectivity index (χ2v) is 3.33. The molecule has 0 aliphatic rings. The maximum Gasteiger partial charge on any atom is 0.126 e. The smallest absolute Gasteiger partial charge is 0.126 e. The highest BCUT2D eigenvalue weighted by atomic mass is 35.5. The molecule has 0 bridgehead atoms. The number of aliphatic hydroxyl groups excluding tert-OH is 1. The summed E-state index contributed by atoms with van der Waals surface area (Å²) >= 11 is 11.4. The summed E-state index contributed by atoms with van der Waals surface area (Å²) in [5.74, 6) is 4.84. The van der Waals surface area contributed by atoms with Crippen molar-refractivity contribution in [2.45, 2.75) is 6.42 Å². The van der Waals surface area contributed by atoms with E-state index in [0.717, 1.165) is 12.1 Å². The van der Waals surface area contributed by atoms with Gasteiger partial charge in [0.15, 0.2) is 0 Å². The summed E-state index contributed by atoms with van der Waals surface area (Å²) in [5.41, 5.74) is 0.392. The van der Waals surface area contributed by atoms with Crippen LogP contribution < -0.4 is 0 Å². The molecule has 0 atom stereocenters. The van der Waals surface area contributed by atoms with E-state index in [2.05, 4.69) is 11.8 Å². The third-order valence-corrected chi connectivity index (χ3v) is 2.05. The summed E-state index contributed by atoms with van der Waals surface area (Å²) in [6.45, 7) is -0.0244. The molecule has 0 aliphatic carbocycles. The summed E-state index contributed by atoms with van der Waals surface area (Å²) in [4.78, 5) is 0. The zero-order chi connectivity index (χ0) is 10.6. The molecule has 1 aromatic rings. The van der Waals surface area contributed by atoms with Gasteiger partial charge in [-0.1, -0.05) is 35.0 Å². The molecule has 0 amide bonds. The van der Waals surface area contributed by atoms with E-state index < -0.39 is 5.82 Å². The van der Waals surface area contributed by atoms with Gasteiger partial charge in [0.25, 0.3) is 0 Å². The van der Waals surface area contributed by atoms with E-state index in [4.69, 9.17) is 28.3 Å². The largest absolute Gasteiger partial charge is 0.395 e. The van der Waals surface area contributed by atoms with Crippen molar-refractivity contribution in [1.82, 2.24) is 0 Å². The Morgan fingerprint density at radius 3 is 2.36 bits per heavy atom. The molecule has 0 aliphatic heterocycles. The Labute approximate surface area is 91.5 Å². The zero-order valence-electron chi connectivity index (χ0n) is 7.15. The van der Waals surface area contributed by atoms with E-state index in [1.807, 2.05) is 0 Å². The monoisotopic (exact) mass is 232 g/mol. The maximum atomic E-state index is 12.7. The molecule has 1 nitrogen and oxygen atoms in total. The van der Waals surface area contributed by atoms with Crippen LogP contribution in [0.25, 0.3) is 0 Å². The molecule has 14 heavy (non-hydrogen) atoms. The van der Waals surface area contributed by atoms with E-state index in [-0.39, 0.29) is 16.7 Å². The van der Waals surface area contributed by atoms with Gasteiger partial charge in [0, 0.05) is 6.42 Å². The molecular weight excluding hydrogens is 226 g/mol. The topological polar surface area (TPSA) is 20.2 Å². The van der Waals surface area contributed by atoms with E-state index >= 15 is 0 Å². The van der Waals surface area contributed by atoms with Crippen LogP contribution in [0.5, 0.6) is 0 Å². The van der Waals surface area contributed by atoms with Gasteiger partial charge < -0.3 is 5.11 Å². The molecule has 0 radical (unpaired) electrons. The number of hydrogen-bond acceptors (Lipinski definition) is 1. The zero-order valence-corrected chi connectivity index (χ0v) is 8.66. The van der Waals surface area contributed by atoms with Gasteiger partial charge in [-0.15, -0.1) is 0 Å². The molecule has 0 unspecified atom stereocenters. The van der Waals surface area contributed by atoms with Crippen LogP contribution in [0, 0.1) is 17.7 Å². The number of benzene rings is 1. The van der Waals surface area contributed by atoms with Crippen LogP contribution in [0.1, 0.15) is 12.0 Å². The van der Waals surface area contributed by atoms with Gasteiger partial charge in [0.1, 0.15) is 5.82 Å². The summed E-state index contributed by atoms with van der Waals surface area (Å²) in [5, 5.41) is 8.86. The van der Waals surface area contributed by atoms with Crippen LogP contribution in [-0.2, 0) is 0 Å². The number of rotatable bonds is 1. The highest BCUT2D eigenvalue weighted by Gasteiger charge is 2.05. The summed E-state index contributed by atoms with van der Waals surface area (Å²) in [6, 6.07) is 2.30. The van der Waals surface area contributed by atoms with E-state index in [1.165, 1.54) is 0 Å². The number of halogens is 3. The minimum Gasteiger partial charge on any atom is -0.395 e. The molecule has 74 valence electrons. The normalized spacial score (nSPS) is 9.43. The molecular formula is C10H7Cl2FO. The van der Waals surface area contributed by atoms with Crippen molar-refractivity contribution in [3.63, 3.8) is 0 Å². The molecule has 4 heteroatoms. The quantitative estimate of drug-likeness (QED) is 0.739. The summed E-state index contributed by atoms with van der Waals surface area (Å²) in [6.07, 6.45) is 0.337. The fraction of sp³-hybridized carbons (Fsp3) is 0.200. The minimum absolute atomic E-state index is 0.0244. The lowest BCUT2D eigenvalue weighted by atomic mass is 10.2. The fourth-order valence-electron chi connectivity index (χ4n) is 0.868. The predicted molar refractivity (Wildman–Crippen MR) is 55.0 cm³/mol. The van der Waals surface area contributed by atoms with Gasteiger partial charge in [-0.25, -0.2) is 4.39 Å². The molecule has 1 N–H and O–H groups in total. The number of aliphatic hydroxyl groups is 1. The van der Waals surface area contributed by atoms with E-state index in [9.17, 15) is 4.39 Å². The standard InChI is InChI=1S/C10H7Cl2FO/c11-9-5-7(13)6-10(12)8(9)3-1-2-4-14/h5-6,14H,2,4H2. The minimum atomic E-state index is -0.493. The van der Waals surface area contributed by atoms with Crippen LogP contribution >= 0.6 is 23.2 Å². The molecule has 0 aromatic heterocycles. The SMILES string of the molecule is OCCC#Cc1c(Cl)cc(F)cc1Cl. The first kappa shape index (κ1) is 11.3. The van der Waals surface area contributed by atoms with Crippen molar-refractivity contribution in [2.75, 3.05) is 6.61 Å². The Hall–Kier alpha value is -0.750. The third-order valence-electron chi connectivity index (χ3n) is 1.46. The van der Waals surface area contributed by atoms with Crippen molar-refractivity contribution >= 4 is 23.2 Å². The predicted octanol–water partition coefficient (Wildman–Crippen LogP) is 2.87. The van der Waals surface area contributed by atoms with Crippen LogP contribution in [-0.4, -0.2) is 11.7 Å². The summed E-state index contributed by atoms with van der Waals surface area (Å²) in [7, 11) is 0. The van der Waals surface area contributed by atoms with Gasteiger partial charge in [-0.3, -0.25) is 0 Å². The Balaban J connectivity index is 3.04. The van der Waals surface area contributed by atoms with Crippen LogP contribution in [0.3, 0.4) is 0 Å². The molecule has 0 saturated carbocycles. The third kappa shape index (κ3) is 2.88. The lowest BCUT2D eigenvalue weighted by Crippen LogP contribution is -1.84. The average Bonchev–Trinajstić information content (AvgIpc) is 2.09. The van der Waals surface area contributed by atoms with Gasteiger partial charge in [0.05, 0.1) is 22.2 Å². The van der Waals surface area contributed by atoms with Crippen LogP contribution in [0.4, 0.5) is 4.39 Å². The maximum absolute atomic E-state index is 12.7. The first-order chi connectivity index (χ1) is 6.65. The van der Waals surface area contributed by atoms with E-state index in [0.29, 0.717) is 12.0 Å². The Morgan fingerprint density at radius 2 is 1.86 bits per heavy atom. The Morgan fingerprint density at radius 1 is 1.29 bits per heavy atom. The number of hydrogen-bond donors (Lipinski definition) is 1. The van der Waals surface area contributed by atoms with Gasteiger partial charge in [-0.2, -0.15) is 0 Å². The molecule has 0 heterocycles. The highest BCUT2D eigenvalue weighted by molar-refractivity contribution is 6.36. The first-order valence-corrected chi connectivity index (χ1v) is 4.65. The molecule has 0 spiro atoms. The fourth-order valence-corrected chi connectivity index (χ4v) is 1.42. The average molecular weight is 233 g/mol. The van der Waals surface area contributed by atoms with Crippen LogP contribution in [0.15, 0.2) is 12.1 Å². The van der Waals surface area contributed by atoms with Crippen molar-refractivity contribution in [1.29, 1.82) is 0 Å². The second-order valence-electron chi connectivity index (χ2n) is 2.52. The van der Waals surface area contributed by atoms with Crippen molar-refractivity contribution < 1.29 is 9.50 Å². The molecule has 0 fully saturated rings.